The Kier molecular flexibility index (Phi) is 18.0. The number of aromatic nitrogens is 18. The molecule has 2 aliphatic heterocycles. The van der Waals surface area contributed by atoms with Crippen molar-refractivity contribution in [2.24, 2.45) is 54.1 Å². The highest BCUT2D eigenvalue weighted by molar-refractivity contribution is 5.80. The molecule has 24 heteroatoms. The molecule has 9 aromatic heterocycles. The van der Waals surface area contributed by atoms with Crippen molar-refractivity contribution in [3.63, 3.8) is 0 Å². The Hall–Kier alpha value is -10.6. The van der Waals surface area contributed by atoms with Crippen molar-refractivity contribution in [3.8, 4) is 101 Å². The fourth-order valence-corrected chi connectivity index (χ4v) is 13.3. The molecule has 4 aliphatic rings. The SMILES string of the molecule is Cn1cc(-c2cccc(-c3ncc(-c4cnn(C)c4)c(N4CCNCC4)n3)c2)cn1.Cn1cc(-c2cccc(-c3ncc(-c4cnn(C)c4)c(NC4CCC(O)CC4)n3)c2)cn1.Cn1cc(-c2cccc(-c3ncc(-c4cnn(C)c4)c(NC4CCC5CNCC54)n3)c2)cn1. The van der Waals surface area contributed by atoms with Crippen LogP contribution in [0.4, 0.5) is 17.5 Å². The van der Waals surface area contributed by atoms with Crippen LogP contribution in [0.1, 0.15) is 38.5 Å². The molecule has 0 amide bonds. The molecule has 3 unspecified atom stereocenters. The molecular weight excluding hydrogens is 1190 g/mol. The first kappa shape index (κ1) is 61.9. The summed E-state index contributed by atoms with van der Waals surface area (Å²) in [5.41, 5.74) is 15.4. The summed E-state index contributed by atoms with van der Waals surface area (Å²) in [4.78, 5) is 31.5. The maximum absolute atomic E-state index is 9.87. The first-order valence-corrected chi connectivity index (χ1v) is 32.6. The molecule has 95 heavy (non-hydrogen) atoms. The van der Waals surface area contributed by atoms with Gasteiger partial charge in [-0.15, -0.1) is 0 Å². The van der Waals surface area contributed by atoms with Crippen LogP contribution in [0, 0.1) is 11.8 Å². The van der Waals surface area contributed by atoms with Crippen LogP contribution >= 0.6 is 0 Å². The highest BCUT2D eigenvalue weighted by atomic mass is 16.3. The number of benzene rings is 3. The van der Waals surface area contributed by atoms with Gasteiger partial charge >= 0.3 is 0 Å². The molecule has 2 saturated heterocycles. The van der Waals surface area contributed by atoms with Gasteiger partial charge in [-0.25, -0.2) is 29.9 Å². The van der Waals surface area contributed by atoms with Gasteiger partial charge in [0, 0.05) is 210 Å². The highest BCUT2D eigenvalue weighted by Gasteiger charge is 2.39. The molecule has 2 saturated carbocycles. The third-order valence-corrected chi connectivity index (χ3v) is 18.4. The predicted molar refractivity (Wildman–Crippen MR) is 369 cm³/mol. The summed E-state index contributed by atoms with van der Waals surface area (Å²) in [5, 5.41) is 50.1. The monoisotopic (exact) mass is 1270 g/mol. The van der Waals surface area contributed by atoms with Gasteiger partial charge in [0.1, 0.15) is 17.5 Å². The van der Waals surface area contributed by atoms with E-state index in [0.717, 1.165) is 183 Å². The molecular formula is C71H79N23O. The fraction of sp³-hybridized carbons (Fsp3) is 0.324. The number of rotatable bonds is 14. The Morgan fingerprint density at radius 2 is 0.800 bits per heavy atom. The molecule has 2 aliphatic carbocycles. The van der Waals surface area contributed by atoms with Crippen molar-refractivity contribution in [2.75, 3.05) is 54.8 Å². The zero-order chi connectivity index (χ0) is 64.9. The van der Waals surface area contributed by atoms with Gasteiger partial charge in [-0.3, -0.25) is 28.1 Å². The van der Waals surface area contributed by atoms with Crippen LogP contribution in [0.5, 0.6) is 0 Å². The minimum absolute atomic E-state index is 0.193. The summed E-state index contributed by atoms with van der Waals surface area (Å²) in [6, 6.07) is 25.6. The van der Waals surface area contributed by atoms with Crippen molar-refractivity contribution in [1.82, 2.24) is 99.2 Å². The zero-order valence-corrected chi connectivity index (χ0v) is 54.4. The number of anilines is 3. The van der Waals surface area contributed by atoms with Crippen molar-refractivity contribution in [2.45, 2.75) is 56.7 Å². The predicted octanol–water partition coefficient (Wildman–Crippen LogP) is 9.37. The highest BCUT2D eigenvalue weighted by Crippen LogP contribution is 2.40. The van der Waals surface area contributed by atoms with Gasteiger partial charge in [0.2, 0.25) is 0 Å². The lowest BCUT2D eigenvalue weighted by Gasteiger charge is -2.30. The minimum Gasteiger partial charge on any atom is -0.393 e. The number of aryl methyl sites for hydroxylation is 6. The van der Waals surface area contributed by atoms with Gasteiger partial charge in [-0.1, -0.05) is 54.6 Å². The number of fused-ring (bicyclic) bond motifs is 1. The first-order chi connectivity index (χ1) is 46.4. The van der Waals surface area contributed by atoms with Gasteiger partial charge in [0.25, 0.3) is 0 Å². The van der Waals surface area contributed by atoms with Gasteiger partial charge in [0.05, 0.1) is 43.3 Å². The summed E-state index contributed by atoms with van der Waals surface area (Å²) in [7, 11) is 11.5. The number of nitrogens with one attached hydrogen (secondary N) is 4. The molecule has 11 heterocycles. The van der Waals surface area contributed by atoms with E-state index in [1.807, 2.05) is 172 Å². The van der Waals surface area contributed by atoms with Gasteiger partial charge < -0.3 is 31.3 Å². The minimum atomic E-state index is -0.193. The van der Waals surface area contributed by atoms with E-state index >= 15 is 0 Å². The van der Waals surface area contributed by atoms with Crippen molar-refractivity contribution >= 4 is 17.5 Å². The lowest BCUT2D eigenvalue weighted by Crippen LogP contribution is -2.44. The van der Waals surface area contributed by atoms with Gasteiger partial charge in [-0.2, -0.15) is 30.6 Å². The summed E-state index contributed by atoms with van der Waals surface area (Å²) >= 11 is 0. The summed E-state index contributed by atoms with van der Waals surface area (Å²) < 4.78 is 10.8. The Labute approximate surface area is 551 Å². The average Bonchev–Trinajstić information content (AvgIpc) is 1.82. The standard InChI is InChI=1S/C25H28N8.C24H27N7O.C22H24N8/c1-32-14-19(10-28-32)16-4-3-5-17(8-16)24-27-13-22(20-11-29-33(2)15-20)25(31-24)30-23-7-6-18-9-26-12-21(18)23;1-30-14-18(11-26-30)16-4-3-5-17(10-16)23-25-13-22(19-12-27-31(2)15-19)24(29-23)28-20-6-8-21(32)9-7-20;1-28-14-18(11-25-28)16-4-3-5-17(10-16)21-24-13-20(19-12-26-29(2)15-19)22(27-21)30-8-6-23-7-9-30/h3-5,8,10-11,13-15,18,21,23,26H,6-7,9,12H2,1-2H3,(H,27,30,31);3-5,10-15,20-21,32H,6-9H2,1-2H3,(H,25,28,29);3-5,10-15,23H,6-9H2,1-2H3. The Balaban J connectivity index is 0.000000123. The van der Waals surface area contributed by atoms with Crippen LogP contribution in [0.15, 0.2) is 166 Å². The molecule has 3 atom stereocenters. The van der Waals surface area contributed by atoms with E-state index in [1.165, 1.54) is 12.8 Å². The number of aliphatic hydroxyl groups is 1. The third kappa shape index (κ3) is 14.2. The quantitative estimate of drug-likeness (QED) is 0.0679. The topological polar surface area (TPSA) is 256 Å². The van der Waals surface area contributed by atoms with E-state index in [9.17, 15) is 5.11 Å². The molecule has 484 valence electrons. The fourth-order valence-electron chi connectivity index (χ4n) is 13.3. The van der Waals surface area contributed by atoms with E-state index in [-0.39, 0.29) is 12.1 Å². The van der Waals surface area contributed by atoms with Crippen LogP contribution in [0.25, 0.3) is 101 Å². The number of nitrogens with zero attached hydrogens (tertiary/aromatic N) is 19. The third-order valence-electron chi connectivity index (χ3n) is 18.4. The first-order valence-electron chi connectivity index (χ1n) is 32.6. The Morgan fingerprint density at radius 1 is 0.400 bits per heavy atom. The zero-order valence-electron chi connectivity index (χ0n) is 54.4. The maximum Gasteiger partial charge on any atom is 0.161 e. The van der Waals surface area contributed by atoms with Crippen molar-refractivity contribution in [3.05, 3.63) is 166 Å². The largest absolute Gasteiger partial charge is 0.393 e. The van der Waals surface area contributed by atoms with Gasteiger partial charge in [-0.05, 0) is 91.8 Å². The summed E-state index contributed by atoms with van der Waals surface area (Å²) in [6.07, 6.45) is 34.6. The number of hydrogen-bond acceptors (Lipinski definition) is 18. The summed E-state index contributed by atoms with van der Waals surface area (Å²) in [5.74, 6) is 6.18. The van der Waals surface area contributed by atoms with E-state index < -0.39 is 0 Å². The number of hydrogen-bond donors (Lipinski definition) is 5. The number of aliphatic hydroxyl groups excluding tert-OH is 1. The molecule has 0 spiro atoms. The molecule has 16 rings (SSSR count). The Bertz CT molecular complexity index is 4590. The average molecular weight is 1270 g/mol. The van der Waals surface area contributed by atoms with E-state index in [4.69, 9.17) is 29.9 Å². The molecule has 24 nitrogen and oxygen atoms in total. The maximum atomic E-state index is 9.87. The molecule has 5 N–H and O–H groups in total. The van der Waals surface area contributed by atoms with Crippen LogP contribution in [0.3, 0.4) is 0 Å². The lowest BCUT2D eigenvalue weighted by atomic mass is 9.93. The second-order valence-electron chi connectivity index (χ2n) is 25.3. The normalized spacial score (nSPS) is 18.4. The van der Waals surface area contributed by atoms with Gasteiger partial charge in [0.15, 0.2) is 17.5 Å². The van der Waals surface area contributed by atoms with Crippen LogP contribution < -0.4 is 26.2 Å². The number of piperazine rings is 1. The smallest absolute Gasteiger partial charge is 0.161 e. The van der Waals surface area contributed by atoms with E-state index in [0.29, 0.717) is 17.8 Å². The van der Waals surface area contributed by atoms with E-state index in [2.05, 4.69) is 111 Å². The lowest BCUT2D eigenvalue weighted by molar-refractivity contribution is 0.126. The Morgan fingerprint density at radius 3 is 1.24 bits per heavy atom. The van der Waals surface area contributed by atoms with Crippen LogP contribution in [0.2, 0.25) is 0 Å². The molecule has 3 aromatic carbocycles. The second-order valence-corrected chi connectivity index (χ2v) is 25.3. The molecule has 4 fully saturated rings. The second kappa shape index (κ2) is 27.6. The van der Waals surface area contributed by atoms with E-state index in [1.54, 1.807) is 9.36 Å². The van der Waals surface area contributed by atoms with Crippen LogP contribution in [-0.4, -0.2) is 151 Å². The molecule has 12 aromatic rings. The molecule has 0 radical (unpaired) electrons. The van der Waals surface area contributed by atoms with Crippen molar-refractivity contribution < 1.29 is 5.11 Å². The molecule has 0 bridgehead atoms. The summed E-state index contributed by atoms with van der Waals surface area (Å²) in [6.45, 7) is 5.94. The van der Waals surface area contributed by atoms with Crippen molar-refractivity contribution in [1.29, 1.82) is 0 Å². The van der Waals surface area contributed by atoms with Crippen LogP contribution in [-0.2, 0) is 42.3 Å².